The quantitative estimate of drug-likeness (QED) is 0.555. The van der Waals surface area contributed by atoms with Crippen molar-refractivity contribution < 1.29 is 4.74 Å². The van der Waals surface area contributed by atoms with Gasteiger partial charge in [-0.05, 0) is 31.4 Å². The summed E-state index contributed by atoms with van der Waals surface area (Å²) in [4.78, 5) is 2.46. The van der Waals surface area contributed by atoms with Crippen molar-refractivity contribution in [2.45, 2.75) is 38.3 Å². The van der Waals surface area contributed by atoms with Gasteiger partial charge in [-0.1, -0.05) is 6.92 Å². The lowest BCUT2D eigenvalue weighted by Crippen LogP contribution is -2.54. The Kier molecular flexibility index (Phi) is 5.97. The van der Waals surface area contributed by atoms with Crippen LogP contribution in [-0.4, -0.2) is 53.1 Å². The van der Waals surface area contributed by atoms with Crippen LogP contribution in [0, 0.1) is 0 Å². The Balaban J connectivity index is 1.84. The number of ether oxygens (including phenoxy) is 1. The SMILES string of the molecule is CCCN1CCOC(C(CCc2cnn(C)c2)NN)C1. The molecule has 0 amide bonds. The summed E-state index contributed by atoms with van der Waals surface area (Å²) in [6.07, 6.45) is 7.26. The molecular formula is C14H27N5O. The lowest BCUT2D eigenvalue weighted by molar-refractivity contribution is -0.0475. The molecule has 1 saturated heterocycles. The second-order valence-corrected chi connectivity index (χ2v) is 5.54. The Morgan fingerprint density at radius 3 is 3.10 bits per heavy atom. The monoisotopic (exact) mass is 281 g/mol. The average Bonchev–Trinajstić information content (AvgIpc) is 2.86. The van der Waals surface area contributed by atoms with E-state index in [0.29, 0.717) is 0 Å². The minimum Gasteiger partial charge on any atom is -0.374 e. The number of hydrazine groups is 1. The van der Waals surface area contributed by atoms with E-state index in [0.717, 1.165) is 39.1 Å². The summed E-state index contributed by atoms with van der Waals surface area (Å²) in [5, 5.41) is 4.19. The molecule has 0 spiro atoms. The normalized spacial score (nSPS) is 22.1. The largest absolute Gasteiger partial charge is 0.374 e. The maximum Gasteiger partial charge on any atom is 0.0868 e. The lowest BCUT2D eigenvalue weighted by atomic mass is 10.0. The van der Waals surface area contributed by atoms with Gasteiger partial charge in [0.1, 0.15) is 0 Å². The molecule has 1 aliphatic rings. The van der Waals surface area contributed by atoms with E-state index in [1.54, 1.807) is 0 Å². The molecule has 2 rings (SSSR count). The summed E-state index contributed by atoms with van der Waals surface area (Å²) < 4.78 is 7.73. The number of morpholine rings is 1. The molecule has 2 unspecified atom stereocenters. The summed E-state index contributed by atoms with van der Waals surface area (Å²) in [5.74, 6) is 5.72. The molecule has 2 atom stereocenters. The summed E-state index contributed by atoms with van der Waals surface area (Å²) in [5.41, 5.74) is 4.18. The van der Waals surface area contributed by atoms with Gasteiger partial charge < -0.3 is 4.74 Å². The molecular weight excluding hydrogens is 254 g/mol. The Bertz CT molecular complexity index is 393. The number of nitrogens with two attached hydrogens (primary N) is 1. The van der Waals surface area contributed by atoms with Gasteiger partial charge in [0, 0.05) is 32.4 Å². The Morgan fingerprint density at radius 1 is 1.60 bits per heavy atom. The first-order valence-electron chi connectivity index (χ1n) is 7.50. The standard InChI is InChI=1S/C14H27N5O/c1-3-6-19-7-8-20-14(11-19)13(17-15)5-4-12-9-16-18(2)10-12/h9-10,13-14,17H,3-8,11,15H2,1-2H3. The van der Waals surface area contributed by atoms with Crippen molar-refractivity contribution in [1.29, 1.82) is 0 Å². The molecule has 6 heteroatoms. The first-order valence-corrected chi connectivity index (χ1v) is 7.50. The second kappa shape index (κ2) is 7.73. The molecule has 0 radical (unpaired) electrons. The number of aromatic nitrogens is 2. The van der Waals surface area contributed by atoms with Crippen LogP contribution < -0.4 is 11.3 Å². The Morgan fingerprint density at radius 2 is 2.45 bits per heavy atom. The molecule has 114 valence electrons. The van der Waals surface area contributed by atoms with Crippen LogP contribution in [0.2, 0.25) is 0 Å². The fraction of sp³-hybridized carbons (Fsp3) is 0.786. The minimum absolute atomic E-state index is 0.178. The zero-order valence-electron chi connectivity index (χ0n) is 12.6. The highest BCUT2D eigenvalue weighted by Crippen LogP contribution is 2.14. The zero-order chi connectivity index (χ0) is 14.4. The average molecular weight is 281 g/mol. The zero-order valence-corrected chi connectivity index (χ0v) is 12.6. The van der Waals surface area contributed by atoms with Crippen molar-refractivity contribution in [3.63, 3.8) is 0 Å². The molecule has 3 N–H and O–H groups in total. The lowest BCUT2D eigenvalue weighted by Gasteiger charge is -2.36. The van der Waals surface area contributed by atoms with Crippen LogP contribution in [-0.2, 0) is 18.2 Å². The van der Waals surface area contributed by atoms with Crippen molar-refractivity contribution in [3.05, 3.63) is 18.0 Å². The van der Waals surface area contributed by atoms with Crippen LogP contribution in [0.15, 0.2) is 12.4 Å². The number of hydrogen-bond acceptors (Lipinski definition) is 5. The number of aryl methyl sites for hydroxylation is 2. The van der Waals surface area contributed by atoms with E-state index in [1.165, 1.54) is 12.0 Å². The van der Waals surface area contributed by atoms with E-state index in [9.17, 15) is 0 Å². The molecule has 20 heavy (non-hydrogen) atoms. The third-order valence-corrected chi connectivity index (χ3v) is 3.88. The van der Waals surface area contributed by atoms with E-state index in [2.05, 4.69) is 28.5 Å². The Hall–Kier alpha value is -0.950. The van der Waals surface area contributed by atoms with E-state index in [4.69, 9.17) is 10.6 Å². The molecule has 1 aromatic rings. The second-order valence-electron chi connectivity index (χ2n) is 5.54. The van der Waals surface area contributed by atoms with Crippen molar-refractivity contribution in [2.24, 2.45) is 12.9 Å². The molecule has 0 saturated carbocycles. The molecule has 6 nitrogen and oxygen atoms in total. The van der Waals surface area contributed by atoms with Crippen molar-refractivity contribution >= 4 is 0 Å². The number of nitrogens with zero attached hydrogens (tertiary/aromatic N) is 3. The van der Waals surface area contributed by atoms with Gasteiger partial charge in [0.15, 0.2) is 0 Å². The smallest absolute Gasteiger partial charge is 0.0868 e. The van der Waals surface area contributed by atoms with Crippen LogP contribution in [0.5, 0.6) is 0 Å². The van der Waals surface area contributed by atoms with Crippen molar-refractivity contribution in [2.75, 3.05) is 26.2 Å². The van der Waals surface area contributed by atoms with E-state index >= 15 is 0 Å². The molecule has 1 fully saturated rings. The maximum absolute atomic E-state index is 5.90. The van der Waals surface area contributed by atoms with Gasteiger partial charge in [-0.3, -0.25) is 20.9 Å². The fourth-order valence-electron chi connectivity index (χ4n) is 2.79. The van der Waals surface area contributed by atoms with E-state index < -0.39 is 0 Å². The molecule has 1 aromatic heterocycles. The topological polar surface area (TPSA) is 68.3 Å². The van der Waals surface area contributed by atoms with Crippen molar-refractivity contribution in [3.8, 4) is 0 Å². The molecule has 0 bridgehead atoms. The summed E-state index contributed by atoms with van der Waals surface area (Å²) >= 11 is 0. The van der Waals surface area contributed by atoms with Gasteiger partial charge in [-0.15, -0.1) is 0 Å². The molecule has 2 heterocycles. The first-order chi connectivity index (χ1) is 9.72. The summed E-state index contributed by atoms with van der Waals surface area (Å²) in [7, 11) is 1.94. The highest BCUT2D eigenvalue weighted by molar-refractivity contribution is 5.04. The number of rotatable bonds is 7. The highest BCUT2D eigenvalue weighted by atomic mass is 16.5. The number of nitrogens with one attached hydrogen (secondary N) is 1. The van der Waals surface area contributed by atoms with Gasteiger partial charge in [-0.25, -0.2) is 0 Å². The third-order valence-electron chi connectivity index (χ3n) is 3.88. The highest BCUT2D eigenvalue weighted by Gasteiger charge is 2.27. The maximum atomic E-state index is 5.90. The van der Waals surface area contributed by atoms with Crippen LogP contribution in [0.4, 0.5) is 0 Å². The van der Waals surface area contributed by atoms with Gasteiger partial charge in [0.2, 0.25) is 0 Å². The number of hydrogen-bond donors (Lipinski definition) is 2. The predicted octanol–water partition coefficient (Wildman–Crippen LogP) is 0.295. The molecule has 0 aliphatic carbocycles. The van der Waals surface area contributed by atoms with E-state index in [1.807, 2.05) is 17.9 Å². The van der Waals surface area contributed by atoms with Gasteiger partial charge in [0.05, 0.1) is 18.9 Å². The van der Waals surface area contributed by atoms with Crippen LogP contribution in [0.1, 0.15) is 25.3 Å². The predicted molar refractivity (Wildman–Crippen MR) is 79.1 cm³/mol. The van der Waals surface area contributed by atoms with Gasteiger partial charge in [0.25, 0.3) is 0 Å². The van der Waals surface area contributed by atoms with Crippen LogP contribution >= 0.6 is 0 Å². The van der Waals surface area contributed by atoms with Gasteiger partial charge in [-0.2, -0.15) is 5.10 Å². The Labute approximate surface area is 121 Å². The third kappa shape index (κ3) is 4.28. The minimum atomic E-state index is 0.178. The molecule has 0 aromatic carbocycles. The van der Waals surface area contributed by atoms with Crippen LogP contribution in [0.25, 0.3) is 0 Å². The summed E-state index contributed by atoms with van der Waals surface area (Å²) in [6.45, 7) is 6.15. The summed E-state index contributed by atoms with van der Waals surface area (Å²) in [6, 6.07) is 0.190. The van der Waals surface area contributed by atoms with Gasteiger partial charge >= 0.3 is 0 Å². The van der Waals surface area contributed by atoms with Crippen LogP contribution in [0.3, 0.4) is 0 Å². The van der Waals surface area contributed by atoms with Crippen molar-refractivity contribution in [1.82, 2.24) is 20.1 Å². The first kappa shape index (κ1) is 15.4. The molecule has 1 aliphatic heterocycles. The van der Waals surface area contributed by atoms with E-state index in [-0.39, 0.29) is 12.1 Å². The fourth-order valence-corrected chi connectivity index (χ4v) is 2.79.